The van der Waals surface area contributed by atoms with E-state index in [1.165, 1.54) is 0 Å². The molecule has 0 saturated heterocycles. The molecule has 0 radical (unpaired) electrons. The topological polar surface area (TPSA) is 76.1 Å². The van der Waals surface area contributed by atoms with Crippen molar-refractivity contribution in [1.29, 1.82) is 0 Å². The van der Waals surface area contributed by atoms with Gasteiger partial charge in [-0.2, -0.15) is 0 Å². The molecule has 2 N–H and O–H groups in total. The summed E-state index contributed by atoms with van der Waals surface area (Å²) < 4.78 is 5.32. The van der Waals surface area contributed by atoms with E-state index < -0.39 is 0 Å². The normalized spacial score (nSPS) is 10.4. The Bertz CT molecular complexity index is 1010. The van der Waals surface area contributed by atoms with Crippen molar-refractivity contribution in [1.82, 2.24) is 15.3 Å². The van der Waals surface area contributed by atoms with Gasteiger partial charge in [0.25, 0.3) is 5.91 Å². The number of ether oxygens (including phenoxy) is 1. The van der Waals surface area contributed by atoms with E-state index in [1.807, 2.05) is 31.2 Å². The smallest absolute Gasteiger partial charge is 0.270 e. The van der Waals surface area contributed by atoms with Crippen molar-refractivity contribution in [2.24, 2.45) is 0 Å². The van der Waals surface area contributed by atoms with Crippen LogP contribution in [-0.2, 0) is 6.54 Å². The second kappa shape index (κ2) is 8.71. The highest BCUT2D eigenvalue weighted by Crippen LogP contribution is 2.29. The van der Waals surface area contributed by atoms with Crippen LogP contribution < -0.4 is 15.4 Å². The summed E-state index contributed by atoms with van der Waals surface area (Å²) >= 11 is 6.06. The molecule has 1 amide bonds. The first kappa shape index (κ1) is 19.6. The molecule has 28 heavy (non-hydrogen) atoms. The number of nitrogens with zero attached hydrogens (tertiary/aromatic N) is 2. The highest BCUT2D eigenvalue weighted by molar-refractivity contribution is 6.31. The average molecular weight is 397 g/mol. The van der Waals surface area contributed by atoms with Gasteiger partial charge in [0.2, 0.25) is 5.95 Å². The van der Waals surface area contributed by atoms with Crippen molar-refractivity contribution in [3.63, 3.8) is 0 Å². The van der Waals surface area contributed by atoms with Crippen LogP contribution in [0.2, 0.25) is 5.02 Å². The predicted molar refractivity (Wildman–Crippen MR) is 110 cm³/mol. The minimum absolute atomic E-state index is 0.269. The predicted octanol–water partition coefficient (Wildman–Crippen LogP) is 4.43. The second-order valence-electron chi connectivity index (χ2n) is 6.30. The molecule has 6 nitrogen and oxygen atoms in total. The van der Waals surface area contributed by atoms with Gasteiger partial charge >= 0.3 is 0 Å². The maximum Gasteiger partial charge on any atom is 0.270 e. The van der Waals surface area contributed by atoms with E-state index in [-0.39, 0.29) is 11.6 Å². The number of carbonyl (C=O) groups is 1. The minimum atomic E-state index is -0.269. The number of carbonyl (C=O) groups excluding carboxylic acids is 1. The Morgan fingerprint density at radius 2 is 1.89 bits per heavy atom. The van der Waals surface area contributed by atoms with E-state index >= 15 is 0 Å². The molecule has 0 atom stereocenters. The standard InChI is InChI=1S/C21H21ClN4O2/c1-13-6-4-5-7-15(13)12-23-20(27)18-10-14(2)24-21(26-18)25-17-11-16(22)8-9-19(17)28-3/h4-11H,12H2,1-3H3,(H,23,27)(H,24,25,26). The zero-order chi connectivity index (χ0) is 20.1. The highest BCUT2D eigenvalue weighted by atomic mass is 35.5. The van der Waals surface area contributed by atoms with E-state index in [9.17, 15) is 4.79 Å². The Balaban J connectivity index is 1.78. The number of benzene rings is 2. The lowest BCUT2D eigenvalue weighted by atomic mass is 10.1. The largest absolute Gasteiger partial charge is 0.495 e. The fourth-order valence-corrected chi connectivity index (χ4v) is 2.89. The van der Waals surface area contributed by atoms with Crippen LogP contribution in [0.3, 0.4) is 0 Å². The Morgan fingerprint density at radius 3 is 2.64 bits per heavy atom. The molecule has 3 aromatic rings. The van der Waals surface area contributed by atoms with Crippen LogP contribution in [0.25, 0.3) is 0 Å². The van der Waals surface area contributed by atoms with Gasteiger partial charge in [0.1, 0.15) is 11.4 Å². The first-order chi connectivity index (χ1) is 13.5. The molecule has 0 saturated carbocycles. The zero-order valence-electron chi connectivity index (χ0n) is 15.9. The van der Waals surface area contributed by atoms with Gasteiger partial charge in [0.15, 0.2) is 0 Å². The second-order valence-corrected chi connectivity index (χ2v) is 6.73. The summed E-state index contributed by atoms with van der Waals surface area (Å²) in [6.45, 7) is 4.25. The molecule has 0 fully saturated rings. The van der Waals surface area contributed by atoms with Gasteiger partial charge in [-0.05, 0) is 49.2 Å². The van der Waals surface area contributed by atoms with Crippen molar-refractivity contribution in [2.45, 2.75) is 20.4 Å². The highest BCUT2D eigenvalue weighted by Gasteiger charge is 2.13. The van der Waals surface area contributed by atoms with Crippen LogP contribution >= 0.6 is 11.6 Å². The summed E-state index contributed by atoms with van der Waals surface area (Å²) in [7, 11) is 1.57. The maximum atomic E-state index is 12.6. The van der Waals surface area contributed by atoms with Gasteiger partial charge in [-0.3, -0.25) is 4.79 Å². The number of aromatic nitrogens is 2. The van der Waals surface area contributed by atoms with Crippen LogP contribution in [0.4, 0.5) is 11.6 Å². The molecule has 0 bridgehead atoms. The van der Waals surface area contributed by atoms with Crippen molar-refractivity contribution in [3.8, 4) is 5.75 Å². The number of anilines is 2. The first-order valence-electron chi connectivity index (χ1n) is 8.75. The van der Waals surface area contributed by atoms with E-state index in [2.05, 4.69) is 20.6 Å². The molecule has 0 aliphatic carbocycles. The Labute approximate surface area is 168 Å². The molecule has 1 heterocycles. The van der Waals surface area contributed by atoms with Crippen molar-refractivity contribution >= 4 is 29.1 Å². The van der Waals surface area contributed by atoms with Gasteiger partial charge in [0, 0.05) is 17.3 Å². The van der Waals surface area contributed by atoms with Gasteiger partial charge in [-0.15, -0.1) is 0 Å². The fourth-order valence-electron chi connectivity index (χ4n) is 2.71. The molecule has 0 spiro atoms. The molecule has 3 rings (SSSR count). The lowest BCUT2D eigenvalue weighted by Crippen LogP contribution is -2.24. The Kier molecular flexibility index (Phi) is 6.11. The van der Waals surface area contributed by atoms with Crippen LogP contribution in [0.15, 0.2) is 48.5 Å². The first-order valence-corrected chi connectivity index (χ1v) is 9.13. The Morgan fingerprint density at radius 1 is 1.11 bits per heavy atom. The number of methoxy groups -OCH3 is 1. The molecule has 144 valence electrons. The Hall–Kier alpha value is -3.12. The van der Waals surface area contributed by atoms with E-state index in [1.54, 1.807) is 38.3 Å². The monoisotopic (exact) mass is 396 g/mol. The third-order valence-corrected chi connectivity index (χ3v) is 4.43. The number of hydrogen-bond donors (Lipinski definition) is 2. The number of hydrogen-bond acceptors (Lipinski definition) is 5. The number of rotatable bonds is 6. The van der Waals surface area contributed by atoms with Crippen LogP contribution in [0, 0.1) is 13.8 Å². The lowest BCUT2D eigenvalue weighted by molar-refractivity contribution is 0.0945. The quantitative estimate of drug-likeness (QED) is 0.644. The number of halogens is 1. The molecular weight excluding hydrogens is 376 g/mol. The molecule has 1 aromatic heterocycles. The van der Waals surface area contributed by atoms with Gasteiger partial charge in [-0.25, -0.2) is 9.97 Å². The number of aryl methyl sites for hydroxylation is 2. The van der Waals surface area contributed by atoms with Crippen LogP contribution in [0.1, 0.15) is 27.3 Å². The van der Waals surface area contributed by atoms with Crippen molar-refractivity contribution in [3.05, 3.63) is 76.1 Å². The van der Waals surface area contributed by atoms with E-state index in [4.69, 9.17) is 16.3 Å². The maximum absolute atomic E-state index is 12.6. The summed E-state index contributed by atoms with van der Waals surface area (Å²) in [5, 5.41) is 6.52. The summed E-state index contributed by atoms with van der Waals surface area (Å²) in [5.41, 5.74) is 3.75. The molecule has 7 heteroatoms. The fraction of sp³-hybridized carbons (Fsp3) is 0.190. The number of nitrogens with one attached hydrogen (secondary N) is 2. The SMILES string of the molecule is COc1ccc(Cl)cc1Nc1nc(C)cc(C(=O)NCc2ccccc2C)n1. The summed E-state index contributed by atoms with van der Waals surface area (Å²) in [6.07, 6.45) is 0. The molecular formula is C21H21ClN4O2. The zero-order valence-corrected chi connectivity index (χ0v) is 16.7. The third kappa shape index (κ3) is 4.78. The molecule has 2 aromatic carbocycles. The molecule has 0 aliphatic heterocycles. The molecule has 0 unspecified atom stereocenters. The van der Waals surface area contributed by atoms with E-state index in [0.29, 0.717) is 34.6 Å². The lowest BCUT2D eigenvalue weighted by Gasteiger charge is -2.12. The van der Waals surface area contributed by atoms with Gasteiger partial charge in [-0.1, -0.05) is 35.9 Å². The van der Waals surface area contributed by atoms with Gasteiger partial charge in [0.05, 0.1) is 12.8 Å². The minimum Gasteiger partial charge on any atom is -0.495 e. The van der Waals surface area contributed by atoms with Crippen LogP contribution in [-0.4, -0.2) is 23.0 Å². The van der Waals surface area contributed by atoms with E-state index in [0.717, 1.165) is 11.1 Å². The van der Waals surface area contributed by atoms with Gasteiger partial charge < -0.3 is 15.4 Å². The van der Waals surface area contributed by atoms with Crippen LogP contribution in [0.5, 0.6) is 5.75 Å². The summed E-state index contributed by atoms with van der Waals surface area (Å²) in [6, 6.07) is 14.7. The third-order valence-electron chi connectivity index (χ3n) is 4.20. The summed E-state index contributed by atoms with van der Waals surface area (Å²) in [4.78, 5) is 21.3. The number of amides is 1. The van der Waals surface area contributed by atoms with Crippen molar-refractivity contribution in [2.75, 3.05) is 12.4 Å². The average Bonchev–Trinajstić information content (AvgIpc) is 2.67. The summed E-state index contributed by atoms with van der Waals surface area (Å²) in [5.74, 6) is 0.622. The molecule has 0 aliphatic rings. The van der Waals surface area contributed by atoms with Crippen molar-refractivity contribution < 1.29 is 9.53 Å².